The summed E-state index contributed by atoms with van der Waals surface area (Å²) in [5.74, 6) is 0. The lowest BCUT2D eigenvalue weighted by molar-refractivity contribution is 1.19. The second kappa shape index (κ2) is 7.25. The van der Waals surface area contributed by atoms with Crippen LogP contribution in [0, 0.1) is 10.8 Å². The first kappa shape index (κ1) is 20.2. The van der Waals surface area contributed by atoms with Crippen molar-refractivity contribution in [3.05, 3.63) is 120 Å². The zero-order valence-electron chi connectivity index (χ0n) is 19.9. The first-order valence-electron chi connectivity index (χ1n) is 12.5. The highest BCUT2D eigenvalue weighted by atomic mass is 15.0. The Labute approximate surface area is 212 Å². The molecule has 0 unspecified atom stereocenters. The van der Waals surface area contributed by atoms with Gasteiger partial charge in [-0.2, -0.15) is 0 Å². The van der Waals surface area contributed by atoms with Gasteiger partial charge < -0.3 is 4.57 Å². The summed E-state index contributed by atoms with van der Waals surface area (Å²) in [4.78, 5) is 0. The quantitative estimate of drug-likeness (QED) is 0.241. The molecule has 0 spiro atoms. The zero-order valence-corrected chi connectivity index (χ0v) is 19.9. The van der Waals surface area contributed by atoms with Gasteiger partial charge >= 0.3 is 0 Å². The lowest BCUT2D eigenvalue weighted by Gasteiger charge is -2.17. The molecule has 7 aromatic rings. The number of benzene rings is 6. The third-order valence-electron chi connectivity index (χ3n) is 7.79. The summed E-state index contributed by atoms with van der Waals surface area (Å²) in [5.41, 5.74) is 5.83. The predicted octanol–water partition coefficient (Wildman–Crippen LogP) is 8.66. The van der Waals surface area contributed by atoms with Gasteiger partial charge in [-0.3, -0.25) is 10.8 Å². The predicted molar refractivity (Wildman–Crippen MR) is 157 cm³/mol. The third-order valence-corrected chi connectivity index (χ3v) is 7.79. The molecule has 0 radical (unpaired) electrons. The van der Waals surface area contributed by atoms with Gasteiger partial charge in [-0.15, -0.1) is 0 Å². The van der Waals surface area contributed by atoms with Crippen molar-refractivity contribution in [1.29, 1.82) is 10.8 Å². The topological polar surface area (TPSA) is 52.6 Å². The molecule has 0 saturated carbocycles. The molecule has 3 nitrogen and oxygen atoms in total. The fourth-order valence-corrected chi connectivity index (χ4v) is 6.11. The molecule has 37 heavy (non-hydrogen) atoms. The molecule has 3 heteroatoms. The van der Waals surface area contributed by atoms with E-state index in [1.807, 2.05) is 6.08 Å². The minimum Gasteiger partial charge on any atom is -0.309 e. The maximum atomic E-state index is 8.54. The first-order valence-corrected chi connectivity index (χ1v) is 12.5. The molecule has 0 bridgehead atoms. The number of hydrogen-bond acceptors (Lipinski definition) is 2. The minimum absolute atomic E-state index is 0.255. The van der Waals surface area contributed by atoms with Crippen molar-refractivity contribution in [2.45, 2.75) is 0 Å². The molecule has 0 amide bonds. The molecule has 0 fully saturated rings. The van der Waals surface area contributed by atoms with E-state index in [0.29, 0.717) is 0 Å². The van der Waals surface area contributed by atoms with Gasteiger partial charge in [0.05, 0.1) is 22.5 Å². The Hall–Kier alpha value is -5.02. The van der Waals surface area contributed by atoms with Crippen molar-refractivity contribution in [3.63, 3.8) is 0 Å². The van der Waals surface area contributed by atoms with Crippen LogP contribution in [0.25, 0.3) is 65.9 Å². The third kappa shape index (κ3) is 2.71. The van der Waals surface area contributed by atoms with Gasteiger partial charge in [0, 0.05) is 22.0 Å². The normalized spacial score (nSPS) is 13.4. The summed E-state index contributed by atoms with van der Waals surface area (Å²) >= 11 is 0. The van der Waals surface area contributed by atoms with Crippen molar-refractivity contribution in [2.24, 2.45) is 0 Å². The highest BCUT2D eigenvalue weighted by Crippen LogP contribution is 2.41. The van der Waals surface area contributed by atoms with Crippen LogP contribution in [-0.4, -0.2) is 16.0 Å². The van der Waals surface area contributed by atoms with Gasteiger partial charge in [-0.25, -0.2) is 0 Å². The van der Waals surface area contributed by atoms with E-state index in [9.17, 15) is 0 Å². The average Bonchev–Trinajstić information content (AvgIpc) is 3.30. The Morgan fingerprint density at radius 3 is 1.81 bits per heavy atom. The number of fused-ring (bicyclic) bond motifs is 10. The van der Waals surface area contributed by atoms with Gasteiger partial charge in [0.1, 0.15) is 0 Å². The molecule has 0 saturated heterocycles. The average molecular weight is 472 g/mol. The van der Waals surface area contributed by atoms with E-state index in [1.54, 1.807) is 6.08 Å². The molecule has 1 heterocycles. The van der Waals surface area contributed by atoms with Gasteiger partial charge in [0.25, 0.3) is 0 Å². The number of allylic oxidation sites excluding steroid dienone is 1. The van der Waals surface area contributed by atoms with Crippen LogP contribution < -0.4 is 0 Å². The Morgan fingerprint density at radius 1 is 0.514 bits per heavy atom. The van der Waals surface area contributed by atoms with E-state index < -0.39 is 0 Å². The summed E-state index contributed by atoms with van der Waals surface area (Å²) in [6, 6.07) is 36.8. The summed E-state index contributed by atoms with van der Waals surface area (Å²) in [6.45, 7) is 0. The van der Waals surface area contributed by atoms with Crippen molar-refractivity contribution < 1.29 is 0 Å². The molecule has 0 aliphatic heterocycles. The Morgan fingerprint density at radius 2 is 1.14 bits per heavy atom. The fourth-order valence-electron chi connectivity index (χ4n) is 6.11. The van der Waals surface area contributed by atoms with Crippen LogP contribution in [0.4, 0.5) is 0 Å². The smallest absolute Gasteiger partial charge is 0.0873 e. The monoisotopic (exact) mass is 471 g/mol. The van der Waals surface area contributed by atoms with Crippen molar-refractivity contribution in [3.8, 4) is 5.69 Å². The fraction of sp³-hybridized carbons (Fsp3) is 0. The Balaban J connectivity index is 1.51. The number of nitrogens with zero attached hydrogens (tertiary/aromatic N) is 1. The number of hydrogen-bond donors (Lipinski definition) is 2. The van der Waals surface area contributed by atoms with Crippen LogP contribution in [0.3, 0.4) is 0 Å². The number of aromatic nitrogens is 1. The number of nitrogens with one attached hydrogen (secondary N) is 2. The van der Waals surface area contributed by atoms with Crippen LogP contribution in [-0.2, 0) is 0 Å². The van der Waals surface area contributed by atoms with Crippen LogP contribution in [0.2, 0.25) is 0 Å². The van der Waals surface area contributed by atoms with E-state index in [2.05, 4.69) is 108 Å². The van der Waals surface area contributed by atoms with Crippen molar-refractivity contribution >= 4 is 71.6 Å². The maximum Gasteiger partial charge on any atom is 0.0873 e. The molecule has 8 rings (SSSR count). The SMILES string of the molecule is N=C1C=Cc2ccc3cc(-n4c5ccc6ccccc6c5c5c6ccccc6ccc54)ccc3c2C1=N. The highest BCUT2D eigenvalue weighted by Gasteiger charge is 2.20. The molecule has 2 N–H and O–H groups in total. The highest BCUT2D eigenvalue weighted by molar-refractivity contribution is 6.53. The van der Waals surface area contributed by atoms with E-state index in [4.69, 9.17) is 10.8 Å². The van der Waals surface area contributed by atoms with Gasteiger partial charge in [0.15, 0.2) is 0 Å². The minimum atomic E-state index is 0.255. The second-order valence-corrected chi connectivity index (χ2v) is 9.75. The lowest BCUT2D eigenvalue weighted by atomic mass is 9.89. The number of rotatable bonds is 1. The van der Waals surface area contributed by atoms with Crippen molar-refractivity contribution in [1.82, 2.24) is 4.57 Å². The van der Waals surface area contributed by atoms with Crippen LogP contribution >= 0.6 is 0 Å². The summed E-state index contributed by atoms with van der Waals surface area (Å²) in [5, 5.41) is 26.3. The molecule has 1 aromatic heterocycles. The Kier molecular flexibility index (Phi) is 3.96. The van der Waals surface area contributed by atoms with Gasteiger partial charge in [0.2, 0.25) is 0 Å². The second-order valence-electron chi connectivity index (χ2n) is 9.75. The first-order chi connectivity index (χ1) is 18.2. The largest absolute Gasteiger partial charge is 0.309 e. The summed E-state index contributed by atoms with van der Waals surface area (Å²) in [6.07, 6.45) is 3.64. The van der Waals surface area contributed by atoms with Crippen LogP contribution in [0.1, 0.15) is 11.1 Å². The van der Waals surface area contributed by atoms with E-state index >= 15 is 0 Å². The molecule has 172 valence electrons. The van der Waals surface area contributed by atoms with E-state index in [1.165, 1.54) is 43.4 Å². The van der Waals surface area contributed by atoms with E-state index in [0.717, 1.165) is 27.6 Å². The van der Waals surface area contributed by atoms with Gasteiger partial charge in [-0.1, -0.05) is 84.9 Å². The maximum absolute atomic E-state index is 8.54. The zero-order chi connectivity index (χ0) is 24.7. The lowest BCUT2D eigenvalue weighted by Crippen LogP contribution is -2.16. The summed E-state index contributed by atoms with van der Waals surface area (Å²) in [7, 11) is 0. The molecule has 1 aliphatic carbocycles. The molecular weight excluding hydrogens is 450 g/mol. The van der Waals surface area contributed by atoms with Crippen molar-refractivity contribution in [2.75, 3.05) is 0 Å². The van der Waals surface area contributed by atoms with Crippen LogP contribution in [0.5, 0.6) is 0 Å². The molecule has 0 atom stereocenters. The van der Waals surface area contributed by atoms with E-state index in [-0.39, 0.29) is 11.4 Å². The Bertz CT molecular complexity index is 2080. The van der Waals surface area contributed by atoms with Crippen LogP contribution in [0.15, 0.2) is 109 Å². The molecular formula is C34H21N3. The standard InChI is InChI=1S/C34H21N3/c35-28-16-11-22-9-10-23-19-24(14-15-27(23)31(22)34(28)36)37-29-17-12-20-5-1-3-7-25(20)32(29)33-26-8-4-2-6-21(26)13-18-30(33)37/h1-19,35-36H. The van der Waals surface area contributed by atoms with Gasteiger partial charge in [-0.05, 0) is 68.2 Å². The molecule has 1 aliphatic rings. The molecule has 6 aromatic carbocycles. The summed E-state index contributed by atoms with van der Waals surface area (Å²) < 4.78 is 2.37.